The van der Waals surface area contributed by atoms with Crippen molar-refractivity contribution in [3.63, 3.8) is 0 Å². The van der Waals surface area contributed by atoms with Crippen molar-refractivity contribution in [1.82, 2.24) is 5.32 Å². The molecule has 1 fully saturated rings. The fraction of sp³-hybridized carbons (Fsp3) is 0.625. The number of thioether (sulfide) groups is 1. The molecule has 0 saturated heterocycles. The predicted molar refractivity (Wildman–Crippen MR) is 83.6 cm³/mol. The molecular weight excluding hydrogens is 254 g/mol. The predicted octanol–water partition coefficient (Wildman–Crippen LogP) is 3.60. The zero-order valence-electron chi connectivity index (χ0n) is 12.0. The lowest BCUT2D eigenvalue weighted by atomic mass is 9.95. The third-order valence-corrected chi connectivity index (χ3v) is 4.95. The third-order valence-electron chi connectivity index (χ3n) is 3.86. The Bertz CT molecular complexity index is 383. The molecule has 0 aliphatic heterocycles. The largest absolute Gasteiger partial charge is 0.380 e. The highest BCUT2D eigenvalue weighted by Gasteiger charge is 2.20. The van der Waals surface area contributed by atoms with E-state index in [4.69, 9.17) is 4.74 Å². The second kappa shape index (κ2) is 7.93. The molecule has 19 heavy (non-hydrogen) atoms. The van der Waals surface area contributed by atoms with Crippen LogP contribution in [0, 0.1) is 0 Å². The molecule has 0 aromatic heterocycles. The average molecular weight is 279 g/mol. The second-order valence-corrected chi connectivity index (χ2v) is 6.49. The standard InChI is InChI=1S/C16H25NOS/c1-18-12-14-6-3-5-13(9-14)11-17-15-7-4-8-16(10-15)19-2/h3,5-6,9,15-17H,4,7-8,10-12H2,1-2H3. The van der Waals surface area contributed by atoms with E-state index in [0.717, 1.165) is 11.8 Å². The summed E-state index contributed by atoms with van der Waals surface area (Å²) in [6.45, 7) is 1.68. The Labute approximate surface area is 121 Å². The molecule has 2 nitrogen and oxygen atoms in total. The van der Waals surface area contributed by atoms with Gasteiger partial charge in [0.2, 0.25) is 0 Å². The van der Waals surface area contributed by atoms with Crippen LogP contribution in [0.5, 0.6) is 0 Å². The van der Waals surface area contributed by atoms with Crippen molar-refractivity contribution in [1.29, 1.82) is 0 Å². The van der Waals surface area contributed by atoms with Crippen molar-refractivity contribution < 1.29 is 4.74 Å². The van der Waals surface area contributed by atoms with Gasteiger partial charge in [0.1, 0.15) is 0 Å². The second-order valence-electron chi connectivity index (χ2n) is 5.36. The van der Waals surface area contributed by atoms with Gasteiger partial charge in [-0.3, -0.25) is 0 Å². The molecule has 3 heteroatoms. The minimum atomic E-state index is 0.692. The summed E-state index contributed by atoms with van der Waals surface area (Å²) < 4.78 is 5.18. The number of hydrogen-bond donors (Lipinski definition) is 1. The van der Waals surface area contributed by atoms with Crippen LogP contribution < -0.4 is 5.32 Å². The molecule has 0 spiro atoms. The van der Waals surface area contributed by atoms with Gasteiger partial charge in [0.15, 0.2) is 0 Å². The van der Waals surface area contributed by atoms with E-state index in [1.54, 1.807) is 7.11 Å². The van der Waals surface area contributed by atoms with Crippen LogP contribution in [0.25, 0.3) is 0 Å². The lowest BCUT2D eigenvalue weighted by molar-refractivity contribution is 0.185. The summed E-state index contributed by atoms with van der Waals surface area (Å²) in [5.41, 5.74) is 2.62. The quantitative estimate of drug-likeness (QED) is 0.860. The van der Waals surface area contributed by atoms with Gasteiger partial charge in [-0.25, -0.2) is 0 Å². The topological polar surface area (TPSA) is 21.3 Å². The maximum Gasteiger partial charge on any atom is 0.0713 e. The molecule has 1 aliphatic carbocycles. The summed E-state index contributed by atoms with van der Waals surface area (Å²) in [5.74, 6) is 0. The van der Waals surface area contributed by atoms with Gasteiger partial charge in [0.25, 0.3) is 0 Å². The first-order valence-corrected chi connectivity index (χ1v) is 8.43. The number of hydrogen-bond acceptors (Lipinski definition) is 3. The molecule has 0 heterocycles. The van der Waals surface area contributed by atoms with Gasteiger partial charge in [0.05, 0.1) is 6.61 Å². The molecule has 1 saturated carbocycles. The van der Waals surface area contributed by atoms with Crippen LogP contribution in [0.3, 0.4) is 0 Å². The van der Waals surface area contributed by atoms with Crippen LogP contribution in [-0.4, -0.2) is 24.7 Å². The van der Waals surface area contributed by atoms with Crippen LogP contribution in [0.15, 0.2) is 24.3 Å². The Hall–Kier alpha value is -0.510. The van der Waals surface area contributed by atoms with E-state index in [2.05, 4.69) is 35.8 Å². The number of rotatable bonds is 6. The molecular formula is C16H25NOS. The Morgan fingerprint density at radius 2 is 2.16 bits per heavy atom. The summed E-state index contributed by atoms with van der Waals surface area (Å²) in [4.78, 5) is 0. The van der Waals surface area contributed by atoms with Gasteiger partial charge in [-0.1, -0.05) is 30.7 Å². The Balaban J connectivity index is 1.82. The van der Waals surface area contributed by atoms with E-state index >= 15 is 0 Å². The Kier molecular flexibility index (Phi) is 6.21. The van der Waals surface area contributed by atoms with Gasteiger partial charge >= 0.3 is 0 Å². The maximum absolute atomic E-state index is 5.18. The van der Waals surface area contributed by atoms with Crippen molar-refractivity contribution >= 4 is 11.8 Å². The monoisotopic (exact) mass is 279 g/mol. The fourth-order valence-electron chi connectivity index (χ4n) is 2.80. The zero-order chi connectivity index (χ0) is 13.5. The first kappa shape index (κ1) is 14.9. The molecule has 106 valence electrons. The highest BCUT2D eigenvalue weighted by Crippen LogP contribution is 2.27. The van der Waals surface area contributed by atoms with Gasteiger partial charge in [-0.05, 0) is 36.6 Å². The Morgan fingerprint density at radius 3 is 2.95 bits per heavy atom. The van der Waals surface area contributed by atoms with Crippen molar-refractivity contribution in [2.24, 2.45) is 0 Å². The van der Waals surface area contributed by atoms with Gasteiger partial charge in [-0.2, -0.15) is 11.8 Å². The van der Waals surface area contributed by atoms with E-state index in [-0.39, 0.29) is 0 Å². The molecule has 1 N–H and O–H groups in total. The zero-order valence-corrected chi connectivity index (χ0v) is 12.8. The normalized spacial score (nSPS) is 23.5. The van der Waals surface area contributed by atoms with E-state index in [1.165, 1.54) is 36.8 Å². The van der Waals surface area contributed by atoms with Crippen molar-refractivity contribution in [2.45, 2.75) is 50.1 Å². The number of ether oxygens (including phenoxy) is 1. The molecule has 1 aliphatic rings. The van der Waals surface area contributed by atoms with Crippen LogP contribution in [0.1, 0.15) is 36.8 Å². The number of benzene rings is 1. The molecule has 0 amide bonds. The summed E-state index contributed by atoms with van der Waals surface area (Å²) in [6.07, 6.45) is 7.64. The van der Waals surface area contributed by atoms with E-state index in [9.17, 15) is 0 Å². The molecule has 0 radical (unpaired) electrons. The third kappa shape index (κ3) is 4.83. The molecule has 1 aromatic carbocycles. The molecule has 2 rings (SSSR count). The Morgan fingerprint density at radius 1 is 1.32 bits per heavy atom. The SMILES string of the molecule is COCc1cccc(CNC2CCCC(SC)C2)c1. The first-order chi connectivity index (χ1) is 9.31. The summed E-state index contributed by atoms with van der Waals surface area (Å²) in [5, 5.41) is 4.57. The van der Waals surface area contributed by atoms with Crippen molar-refractivity contribution in [2.75, 3.05) is 13.4 Å². The average Bonchev–Trinajstić information content (AvgIpc) is 2.46. The van der Waals surface area contributed by atoms with Crippen LogP contribution in [0.4, 0.5) is 0 Å². The van der Waals surface area contributed by atoms with Crippen LogP contribution in [-0.2, 0) is 17.9 Å². The van der Waals surface area contributed by atoms with Gasteiger partial charge in [0, 0.05) is 24.9 Å². The molecule has 0 bridgehead atoms. The van der Waals surface area contributed by atoms with E-state index < -0.39 is 0 Å². The molecule has 2 atom stereocenters. The number of nitrogens with one attached hydrogen (secondary N) is 1. The smallest absolute Gasteiger partial charge is 0.0713 e. The van der Waals surface area contributed by atoms with Crippen LogP contribution in [0.2, 0.25) is 0 Å². The number of methoxy groups -OCH3 is 1. The highest BCUT2D eigenvalue weighted by molar-refractivity contribution is 7.99. The molecule has 1 aromatic rings. The lowest BCUT2D eigenvalue weighted by Crippen LogP contribution is -2.34. The van der Waals surface area contributed by atoms with Gasteiger partial charge in [-0.15, -0.1) is 0 Å². The summed E-state index contributed by atoms with van der Waals surface area (Å²) in [7, 11) is 1.75. The maximum atomic E-state index is 5.18. The van der Waals surface area contributed by atoms with E-state index in [0.29, 0.717) is 12.6 Å². The first-order valence-electron chi connectivity index (χ1n) is 7.14. The minimum absolute atomic E-state index is 0.692. The summed E-state index contributed by atoms with van der Waals surface area (Å²) in [6, 6.07) is 9.37. The van der Waals surface area contributed by atoms with E-state index in [1.807, 2.05) is 11.8 Å². The molecule has 2 unspecified atom stereocenters. The van der Waals surface area contributed by atoms with Crippen LogP contribution >= 0.6 is 11.8 Å². The van der Waals surface area contributed by atoms with Crippen molar-refractivity contribution in [3.05, 3.63) is 35.4 Å². The van der Waals surface area contributed by atoms with Crippen molar-refractivity contribution in [3.8, 4) is 0 Å². The van der Waals surface area contributed by atoms with Gasteiger partial charge < -0.3 is 10.1 Å². The minimum Gasteiger partial charge on any atom is -0.380 e. The summed E-state index contributed by atoms with van der Waals surface area (Å²) >= 11 is 2.02. The fourth-order valence-corrected chi connectivity index (χ4v) is 3.63. The highest BCUT2D eigenvalue weighted by atomic mass is 32.2. The lowest BCUT2D eigenvalue weighted by Gasteiger charge is -2.28.